The molecule has 120 valence electrons. The Morgan fingerprint density at radius 1 is 1.04 bits per heavy atom. The monoisotopic (exact) mass is 347 g/mol. The van der Waals surface area contributed by atoms with Gasteiger partial charge in [0.05, 0.1) is 5.75 Å². The average Bonchev–Trinajstić information content (AvgIpc) is 2.57. The van der Waals surface area contributed by atoms with Crippen LogP contribution < -0.4 is 5.32 Å². The second kappa shape index (κ2) is 8.75. The number of rotatable bonds is 7. The number of hydrogen-bond acceptors (Lipinski definition) is 3. The van der Waals surface area contributed by atoms with Crippen LogP contribution >= 0.6 is 23.4 Å². The lowest BCUT2D eigenvalue weighted by Crippen LogP contribution is -2.09. The van der Waals surface area contributed by atoms with Crippen LogP contribution in [0.2, 0.25) is 5.02 Å². The zero-order chi connectivity index (χ0) is 16.7. The van der Waals surface area contributed by atoms with Crippen LogP contribution in [0.4, 0.5) is 5.69 Å². The van der Waals surface area contributed by atoms with Crippen molar-refractivity contribution in [2.45, 2.75) is 19.1 Å². The van der Waals surface area contributed by atoms with E-state index >= 15 is 0 Å². The molecule has 2 aromatic rings. The van der Waals surface area contributed by atoms with Crippen LogP contribution in [0.15, 0.2) is 48.5 Å². The number of Topliss-reactive ketones (excluding diaryl/α,β-unsaturated/α-hetero) is 1. The third kappa shape index (κ3) is 5.73. The first-order valence-electron chi connectivity index (χ1n) is 7.34. The summed E-state index contributed by atoms with van der Waals surface area (Å²) in [6.45, 7) is 1.80. The number of ketones is 1. The van der Waals surface area contributed by atoms with Gasteiger partial charge < -0.3 is 5.32 Å². The molecule has 3 nitrogen and oxygen atoms in total. The van der Waals surface area contributed by atoms with Crippen LogP contribution in [0, 0.1) is 0 Å². The number of carbonyl (C=O) groups is 2. The van der Waals surface area contributed by atoms with E-state index in [0.29, 0.717) is 28.4 Å². The van der Waals surface area contributed by atoms with Crippen molar-refractivity contribution >= 4 is 40.7 Å². The predicted octanol–water partition coefficient (Wildman–Crippen LogP) is 4.80. The molecule has 0 fully saturated rings. The van der Waals surface area contributed by atoms with Crippen molar-refractivity contribution in [3.05, 3.63) is 64.7 Å². The van der Waals surface area contributed by atoms with Crippen molar-refractivity contribution in [1.29, 1.82) is 0 Å². The molecule has 2 aromatic carbocycles. The van der Waals surface area contributed by atoms with Gasteiger partial charge in [0.1, 0.15) is 0 Å². The summed E-state index contributed by atoms with van der Waals surface area (Å²) in [7, 11) is 0. The van der Waals surface area contributed by atoms with Gasteiger partial charge in [-0.25, -0.2) is 0 Å². The van der Waals surface area contributed by atoms with E-state index in [2.05, 4.69) is 5.32 Å². The molecular weight excluding hydrogens is 330 g/mol. The Morgan fingerprint density at radius 2 is 1.70 bits per heavy atom. The predicted molar refractivity (Wildman–Crippen MR) is 97.3 cm³/mol. The molecule has 0 aliphatic carbocycles. The summed E-state index contributed by atoms with van der Waals surface area (Å²) >= 11 is 7.41. The largest absolute Gasteiger partial charge is 0.326 e. The third-order valence-corrected chi connectivity index (χ3v) is 4.48. The highest BCUT2D eigenvalue weighted by Crippen LogP contribution is 2.17. The van der Waals surface area contributed by atoms with E-state index < -0.39 is 0 Å². The van der Waals surface area contributed by atoms with Gasteiger partial charge in [-0.05, 0) is 42.0 Å². The second-order valence-electron chi connectivity index (χ2n) is 5.02. The minimum Gasteiger partial charge on any atom is -0.326 e. The highest BCUT2D eigenvalue weighted by molar-refractivity contribution is 7.99. The third-order valence-electron chi connectivity index (χ3n) is 3.23. The smallest absolute Gasteiger partial charge is 0.224 e. The molecule has 0 radical (unpaired) electrons. The second-order valence-corrected chi connectivity index (χ2v) is 6.44. The first-order valence-corrected chi connectivity index (χ1v) is 8.87. The molecule has 0 aliphatic rings. The number of carbonyl (C=O) groups excluding carboxylic acids is 2. The highest BCUT2D eigenvalue weighted by atomic mass is 35.5. The van der Waals surface area contributed by atoms with Crippen LogP contribution in [-0.2, 0) is 10.5 Å². The molecule has 0 bridgehead atoms. The number of anilines is 1. The number of hydrogen-bond donors (Lipinski definition) is 1. The summed E-state index contributed by atoms with van der Waals surface area (Å²) in [5.41, 5.74) is 2.51. The Morgan fingerprint density at radius 3 is 2.30 bits per heavy atom. The van der Waals surface area contributed by atoms with Crippen LogP contribution in [0.3, 0.4) is 0 Å². The number of thioether (sulfide) groups is 1. The SMILES string of the molecule is CCC(=O)Nc1ccc(C(=O)CSCc2ccc(Cl)cc2)cc1. The Balaban J connectivity index is 1.83. The lowest BCUT2D eigenvalue weighted by molar-refractivity contribution is -0.115. The van der Waals surface area contributed by atoms with Crippen LogP contribution in [0.5, 0.6) is 0 Å². The Bertz CT molecular complexity index is 668. The number of halogens is 1. The zero-order valence-corrected chi connectivity index (χ0v) is 14.4. The van der Waals surface area contributed by atoms with Gasteiger partial charge in [-0.3, -0.25) is 9.59 Å². The summed E-state index contributed by atoms with van der Waals surface area (Å²) in [6, 6.07) is 14.6. The molecule has 0 saturated carbocycles. The van der Waals surface area contributed by atoms with Crippen molar-refractivity contribution < 1.29 is 9.59 Å². The molecule has 0 heterocycles. The summed E-state index contributed by atoms with van der Waals surface area (Å²) in [4.78, 5) is 23.5. The molecule has 23 heavy (non-hydrogen) atoms. The van der Waals surface area contributed by atoms with Crippen LogP contribution in [-0.4, -0.2) is 17.4 Å². The highest BCUT2D eigenvalue weighted by Gasteiger charge is 2.07. The summed E-state index contributed by atoms with van der Waals surface area (Å²) in [5.74, 6) is 1.23. The molecule has 0 unspecified atom stereocenters. The van der Waals surface area contributed by atoms with Gasteiger partial charge in [0.15, 0.2) is 5.78 Å². The fraction of sp³-hybridized carbons (Fsp3) is 0.222. The van der Waals surface area contributed by atoms with Gasteiger partial charge in [-0.1, -0.05) is 30.7 Å². The first-order chi connectivity index (χ1) is 11.1. The first kappa shape index (κ1) is 17.6. The van der Waals surface area contributed by atoms with Crippen molar-refractivity contribution in [1.82, 2.24) is 0 Å². The molecule has 0 aromatic heterocycles. The maximum absolute atomic E-state index is 12.1. The topological polar surface area (TPSA) is 46.2 Å². The Hall–Kier alpha value is -1.78. The minimum atomic E-state index is -0.0393. The molecule has 1 N–H and O–H groups in total. The van der Waals surface area contributed by atoms with Gasteiger partial charge in [0.2, 0.25) is 5.91 Å². The molecule has 0 aliphatic heterocycles. The fourth-order valence-electron chi connectivity index (χ4n) is 1.91. The van der Waals surface area contributed by atoms with E-state index in [-0.39, 0.29) is 11.7 Å². The van der Waals surface area contributed by atoms with Gasteiger partial charge in [-0.15, -0.1) is 11.8 Å². The van der Waals surface area contributed by atoms with E-state index in [1.54, 1.807) is 43.0 Å². The molecule has 0 atom stereocenters. The maximum atomic E-state index is 12.1. The Labute approximate surface area is 145 Å². The van der Waals surface area contributed by atoms with E-state index in [0.717, 1.165) is 11.3 Å². The van der Waals surface area contributed by atoms with Gasteiger partial charge in [-0.2, -0.15) is 0 Å². The van der Waals surface area contributed by atoms with Crippen molar-refractivity contribution in [2.24, 2.45) is 0 Å². The van der Waals surface area contributed by atoms with E-state index in [9.17, 15) is 9.59 Å². The lowest BCUT2D eigenvalue weighted by Gasteiger charge is -2.05. The van der Waals surface area contributed by atoms with Gasteiger partial charge in [0.25, 0.3) is 0 Å². The van der Waals surface area contributed by atoms with Gasteiger partial charge in [0, 0.05) is 28.4 Å². The molecule has 2 rings (SSSR count). The number of nitrogens with one attached hydrogen (secondary N) is 1. The lowest BCUT2D eigenvalue weighted by atomic mass is 10.1. The van der Waals surface area contributed by atoms with Gasteiger partial charge >= 0.3 is 0 Å². The normalized spacial score (nSPS) is 10.3. The zero-order valence-electron chi connectivity index (χ0n) is 12.8. The minimum absolute atomic E-state index is 0.0393. The Kier molecular flexibility index (Phi) is 6.68. The average molecular weight is 348 g/mol. The van der Waals surface area contributed by atoms with Crippen molar-refractivity contribution in [2.75, 3.05) is 11.1 Å². The fourth-order valence-corrected chi connectivity index (χ4v) is 2.92. The summed E-state index contributed by atoms with van der Waals surface area (Å²) in [5, 5.41) is 3.47. The van der Waals surface area contributed by atoms with E-state index in [4.69, 9.17) is 11.6 Å². The van der Waals surface area contributed by atoms with E-state index in [1.165, 1.54) is 0 Å². The quantitative estimate of drug-likeness (QED) is 0.731. The van der Waals surface area contributed by atoms with E-state index in [1.807, 2.05) is 24.3 Å². The van der Waals surface area contributed by atoms with Crippen LogP contribution in [0.25, 0.3) is 0 Å². The molecule has 0 saturated heterocycles. The maximum Gasteiger partial charge on any atom is 0.224 e. The number of benzene rings is 2. The molecule has 0 spiro atoms. The number of amides is 1. The standard InChI is InChI=1S/C18H18ClNO2S/c1-2-18(22)20-16-9-5-14(6-10-16)17(21)12-23-11-13-3-7-15(19)8-4-13/h3-10H,2,11-12H2,1H3,(H,20,22). The van der Waals surface area contributed by atoms with Crippen molar-refractivity contribution in [3.8, 4) is 0 Å². The summed E-state index contributed by atoms with van der Waals surface area (Å²) < 4.78 is 0. The molecular formula is C18H18ClNO2S. The van der Waals surface area contributed by atoms with Crippen molar-refractivity contribution in [3.63, 3.8) is 0 Å². The molecule has 1 amide bonds. The molecule has 5 heteroatoms. The summed E-state index contributed by atoms with van der Waals surface area (Å²) in [6.07, 6.45) is 0.433. The van der Waals surface area contributed by atoms with Crippen LogP contribution in [0.1, 0.15) is 29.3 Å².